The molecular formula is C26H28N2O6. The molecule has 34 heavy (non-hydrogen) atoms. The topological polar surface area (TPSA) is 101 Å². The fraction of sp³-hybridized carbons (Fsp3) is 0.385. The lowest BCUT2D eigenvalue weighted by atomic mass is 9.79. The highest BCUT2D eigenvalue weighted by Gasteiger charge is 2.51. The maximum atomic E-state index is 13.8. The number of benzene rings is 2. The van der Waals surface area contributed by atoms with E-state index in [9.17, 15) is 14.7 Å². The summed E-state index contributed by atoms with van der Waals surface area (Å²) in [6.07, 6.45) is 2.02. The Morgan fingerprint density at radius 2 is 1.91 bits per heavy atom. The normalized spacial score (nSPS) is 21.3. The van der Waals surface area contributed by atoms with Crippen molar-refractivity contribution >= 4 is 22.8 Å². The van der Waals surface area contributed by atoms with Crippen molar-refractivity contribution in [2.45, 2.75) is 43.9 Å². The van der Waals surface area contributed by atoms with Crippen LogP contribution < -0.4 is 14.8 Å². The van der Waals surface area contributed by atoms with Crippen LogP contribution in [0, 0.1) is 0 Å². The van der Waals surface area contributed by atoms with Gasteiger partial charge in [0.25, 0.3) is 5.91 Å². The predicted octanol–water partition coefficient (Wildman–Crippen LogP) is 3.27. The number of para-hydroxylation sites is 2. The molecule has 1 fully saturated rings. The minimum absolute atomic E-state index is 0.0181. The number of methoxy groups -OCH3 is 1. The van der Waals surface area contributed by atoms with E-state index in [0.717, 1.165) is 12.0 Å². The molecule has 0 saturated heterocycles. The van der Waals surface area contributed by atoms with Crippen molar-refractivity contribution < 1.29 is 28.6 Å². The molecule has 5 rings (SSSR count). The summed E-state index contributed by atoms with van der Waals surface area (Å²) in [5.41, 5.74) is -1.05. The quantitative estimate of drug-likeness (QED) is 0.581. The summed E-state index contributed by atoms with van der Waals surface area (Å²) in [7, 11) is 1.58. The minimum Gasteiger partial charge on any atom is -0.496 e. The second kappa shape index (κ2) is 8.36. The van der Waals surface area contributed by atoms with Crippen molar-refractivity contribution in [3.63, 3.8) is 0 Å². The predicted molar refractivity (Wildman–Crippen MR) is 125 cm³/mol. The van der Waals surface area contributed by atoms with E-state index in [1.807, 2.05) is 42.5 Å². The Hall–Kier alpha value is -3.52. The number of hydrogen-bond acceptors (Lipinski definition) is 6. The van der Waals surface area contributed by atoms with E-state index in [-0.39, 0.29) is 31.4 Å². The van der Waals surface area contributed by atoms with Crippen molar-refractivity contribution in [1.29, 1.82) is 0 Å². The standard InChI is InChI=1S/C26H28N2O6/c1-25(24(30)27-14-17-8-3-5-10-19(17)32-2)16-33-21-18-9-4-6-11-20(18)34-22(21)23(29)28(25)15-26(31)12-7-13-26/h3-6,8-11,31H,7,12-16H2,1-2H3,(H,27,30). The van der Waals surface area contributed by atoms with Crippen molar-refractivity contribution in [1.82, 2.24) is 10.2 Å². The summed E-state index contributed by atoms with van der Waals surface area (Å²) >= 11 is 0. The lowest BCUT2D eigenvalue weighted by Gasteiger charge is -2.45. The molecule has 1 unspecified atom stereocenters. The first-order valence-electron chi connectivity index (χ1n) is 11.4. The Morgan fingerprint density at radius 3 is 2.65 bits per heavy atom. The van der Waals surface area contributed by atoms with E-state index >= 15 is 0 Å². The maximum absolute atomic E-state index is 13.8. The fourth-order valence-corrected chi connectivity index (χ4v) is 4.63. The second-order valence-corrected chi connectivity index (χ2v) is 9.28. The highest BCUT2D eigenvalue weighted by Crippen LogP contribution is 2.41. The molecule has 2 heterocycles. The average Bonchev–Trinajstić information content (AvgIpc) is 3.17. The third-order valence-electron chi connectivity index (χ3n) is 6.94. The number of furan rings is 1. The van der Waals surface area contributed by atoms with Gasteiger partial charge >= 0.3 is 0 Å². The third-order valence-corrected chi connectivity index (χ3v) is 6.94. The Bertz CT molecular complexity index is 1250. The summed E-state index contributed by atoms with van der Waals surface area (Å²) < 4.78 is 17.3. The molecule has 1 aromatic heterocycles. The molecule has 0 radical (unpaired) electrons. The number of β-amino-alcohol motifs (C(OH)–C–C–N with tert-alkyl or cyclic N) is 1. The highest BCUT2D eigenvalue weighted by atomic mass is 16.5. The van der Waals surface area contributed by atoms with Crippen LogP contribution in [0.15, 0.2) is 52.9 Å². The number of carbonyl (C=O) groups is 2. The van der Waals surface area contributed by atoms with E-state index in [1.165, 1.54) is 4.90 Å². The third kappa shape index (κ3) is 3.68. The largest absolute Gasteiger partial charge is 0.496 e. The molecule has 2 aromatic carbocycles. The first-order valence-corrected chi connectivity index (χ1v) is 11.4. The van der Waals surface area contributed by atoms with Gasteiger partial charge in [-0.25, -0.2) is 0 Å². The molecule has 2 aliphatic rings. The van der Waals surface area contributed by atoms with E-state index in [0.29, 0.717) is 35.3 Å². The molecule has 1 atom stereocenters. The monoisotopic (exact) mass is 464 g/mol. The molecule has 8 heteroatoms. The van der Waals surface area contributed by atoms with Crippen molar-refractivity contribution in [3.8, 4) is 11.5 Å². The van der Waals surface area contributed by atoms with E-state index in [4.69, 9.17) is 13.9 Å². The molecule has 0 spiro atoms. The van der Waals surface area contributed by atoms with Gasteiger partial charge in [-0.1, -0.05) is 30.3 Å². The molecule has 1 aliphatic carbocycles. The van der Waals surface area contributed by atoms with Crippen molar-refractivity contribution in [3.05, 3.63) is 59.9 Å². The highest BCUT2D eigenvalue weighted by molar-refractivity contribution is 6.04. The van der Waals surface area contributed by atoms with Crippen LogP contribution in [-0.2, 0) is 11.3 Å². The first kappa shape index (κ1) is 22.3. The van der Waals surface area contributed by atoms with Crippen LogP contribution >= 0.6 is 0 Å². The van der Waals surface area contributed by atoms with Crippen molar-refractivity contribution in [2.75, 3.05) is 20.3 Å². The average molecular weight is 465 g/mol. The number of nitrogens with one attached hydrogen (secondary N) is 1. The zero-order chi connectivity index (χ0) is 23.9. The van der Waals surface area contributed by atoms with Gasteiger partial charge in [-0.2, -0.15) is 0 Å². The van der Waals surface area contributed by atoms with Crippen LogP contribution in [0.5, 0.6) is 11.5 Å². The summed E-state index contributed by atoms with van der Waals surface area (Å²) in [6.45, 7) is 1.82. The Kier molecular flexibility index (Phi) is 5.48. The summed E-state index contributed by atoms with van der Waals surface area (Å²) in [5.74, 6) is 0.174. The number of rotatable bonds is 6. The summed E-state index contributed by atoms with van der Waals surface area (Å²) in [5, 5.41) is 14.5. The lowest BCUT2D eigenvalue weighted by molar-refractivity contribution is -0.137. The van der Waals surface area contributed by atoms with Crippen LogP contribution in [0.1, 0.15) is 42.3 Å². The van der Waals surface area contributed by atoms with Gasteiger partial charge in [0.2, 0.25) is 11.7 Å². The van der Waals surface area contributed by atoms with Gasteiger partial charge in [-0.05, 0) is 44.4 Å². The number of amides is 2. The van der Waals surface area contributed by atoms with Crippen LogP contribution in [-0.4, -0.2) is 53.2 Å². The van der Waals surface area contributed by atoms with Gasteiger partial charge in [0.05, 0.1) is 24.6 Å². The Labute approximate surface area is 197 Å². The molecular weight excluding hydrogens is 436 g/mol. The van der Waals surface area contributed by atoms with Gasteiger partial charge in [0, 0.05) is 12.1 Å². The van der Waals surface area contributed by atoms with Gasteiger partial charge in [-0.15, -0.1) is 0 Å². The smallest absolute Gasteiger partial charge is 0.294 e. The molecule has 0 bridgehead atoms. The maximum Gasteiger partial charge on any atom is 0.294 e. The van der Waals surface area contributed by atoms with Gasteiger partial charge in [0.15, 0.2) is 11.3 Å². The number of nitrogens with zero attached hydrogens (tertiary/aromatic N) is 1. The molecule has 8 nitrogen and oxygen atoms in total. The second-order valence-electron chi connectivity index (χ2n) is 9.28. The number of aliphatic hydroxyl groups is 1. The fourth-order valence-electron chi connectivity index (χ4n) is 4.63. The molecule has 2 N–H and O–H groups in total. The number of ether oxygens (including phenoxy) is 2. The number of hydrogen-bond donors (Lipinski definition) is 2. The van der Waals surface area contributed by atoms with Crippen LogP contribution in [0.25, 0.3) is 11.0 Å². The zero-order valence-corrected chi connectivity index (χ0v) is 19.3. The van der Waals surface area contributed by atoms with Gasteiger partial charge in [-0.3, -0.25) is 9.59 Å². The molecule has 2 amide bonds. The van der Waals surface area contributed by atoms with Crippen LogP contribution in [0.4, 0.5) is 0 Å². The number of fused-ring (bicyclic) bond motifs is 3. The number of carbonyl (C=O) groups excluding carboxylic acids is 2. The van der Waals surface area contributed by atoms with Gasteiger partial charge < -0.3 is 29.2 Å². The molecule has 1 aliphatic heterocycles. The summed E-state index contributed by atoms with van der Waals surface area (Å²) in [4.78, 5) is 28.8. The molecule has 1 saturated carbocycles. The van der Waals surface area contributed by atoms with E-state index in [1.54, 1.807) is 20.1 Å². The van der Waals surface area contributed by atoms with Gasteiger partial charge in [0.1, 0.15) is 17.9 Å². The summed E-state index contributed by atoms with van der Waals surface area (Å²) in [6, 6.07) is 14.7. The van der Waals surface area contributed by atoms with Crippen LogP contribution in [0.2, 0.25) is 0 Å². The Morgan fingerprint density at radius 1 is 1.18 bits per heavy atom. The molecule has 178 valence electrons. The van der Waals surface area contributed by atoms with Crippen LogP contribution in [0.3, 0.4) is 0 Å². The SMILES string of the molecule is COc1ccccc1CNC(=O)C1(C)COc2c(oc3ccccc23)C(=O)N1CC1(O)CCC1. The molecule has 3 aromatic rings. The van der Waals surface area contributed by atoms with E-state index in [2.05, 4.69) is 5.32 Å². The Balaban J connectivity index is 1.48. The lowest BCUT2D eigenvalue weighted by Crippen LogP contribution is -2.65. The minimum atomic E-state index is -1.37. The zero-order valence-electron chi connectivity index (χ0n) is 19.3. The first-order chi connectivity index (χ1) is 16.3. The van der Waals surface area contributed by atoms with E-state index < -0.39 is 17.0 Å². The van der Waals surface area contributed by atoms with Crippen molar-refractivity contribution in [2.24, 2.45) is 0 Å².